The van der Waals surface area contributed by atoms with Gasteiger partial charge in [-0.05, 0) is 84.9 Å². The summed E-state index contributed by atoms with van der Waals surface area (Å²) >= 11 is 7.91. The zero-order chi connectivity index (χ0) is 19.5. The average molecular weight is 406 g/mol. The summed E-state index contributed by atoms with van der Waals surface area (Å²) in [5, 5.41) is 6.19. The Kier molecular flexibility index (Phi) is 5.91. The van der Waals surface area contributed by atoms with Crippen LogP contribution in [0.5, 0.6) is 0 Å². The van der Waals surface area contributed by atoms with Gasteiger partial charge in [-0.15, -0.1) is 0 Å². The Morgan fingerprint density at radius 3 is 1.82 bits per heavy atom. The quantitative estimate of drug-likeness (QED) is 0.310. The number of halogens is 1. The monoisotopic (exact) mass is 405 g/mol. The van der Waals surface area contributed by atoms with E-state index in [2.05, 4.69) is 79.7 Å². The van der Waals surface area contributed by atoms with Crippen molar-refractivity contribution < 1.29 is 0 Å². The van der Waals surface area contributed by atoms with E-state index in [1.807, 2.05) is 23.9 Å². The number of nitrogens with zero attached hydrogens (tertiary/aromatic N) is 1. The Balaban J connectivity index is 1.88. The lowest BCUT2D eigenvalue weighted by molar-refractivity contribution is 0.401. The zero-order valence-corrected chi connectivity index (χ0v) is 17.9. The van der Waals surface area contributed by atoms with Gasteiger partial charge in [0.1, 0.15) is 0 Å². The van der Waals surface area contributed by atoms with E-state index in [-0.39, 0.29) is 0 Å². The maximum absolute atomic E-state index is 6.08. The normalized spacial score (nSPS) is 11.6. The zero-order valence-electron chi connectivity index (χ0n) is 16.3. The Labute approximate surface area is 176 Å². The summed E-state index contributed by atoms with van der Waals surface area (Å²) in [7, 11) is 4.28. The third-order valence-corrected chi connectivity index (χ3v) is 6.46. The summed E-state index contributed by atoms with van der Waals surface area (Å²) in [5.74, 6) is 0. The van der Waals surface area contributed by atoms with E-state index in [9.17, 15) is 0 Å². The molecule has 0 radical (unpaired) electrons. The third-order valence-electron chi connectivity index (χ3n) is 5.06. The first kappa shape index (κ1) is 19.3. The average Bonchev–Trinajstić information content (AvgIpc) is 2.71. The largest absolute Gasteiger partial charge is 0.309 e. The molecule has 4 rings (SSSR count). The molecule has 4 aromatic carbocycles. The molecule has 0 N–H and O–H groups in total. The van der Waals surface area contributed by atoms with Crippen molar-refractivity contribution in [2.24, 2.45) is 0 Å². The molecule has 0 atom stereocenters. The summed E-state index contributed by atoms with van der Waals surface area (Å²) in [6, 6.07) is 25.8. The lowest BCUT2D eigenvalue weighted by atomic mass is 9.94. The van der Waals surface area contributed by atoms with E-state index >= 15 is 0 Å². The number of hydrogen-bond donors (Lipinski definition) is 0. The van der Waals surface area contributed by atoms with Gasteiger partial charge < -0.3 is 4.90 Å². The standard InChI is InChI=1S/C25H24ClNS/c1-27(2)17-7-12-20-21-8-3-5-10-23(21)25(24-11-6-4-9-22(20)24)28-19-15-13-18(26)14-16-19/h3-6,8-11,13-16H,7,12,17H2,1-2H3. The van der Waals surface area contributed by atoms with Gasteiger partial charge in [-0.25, -0.2) is 0 Å². The molecule has 4 aromatic rings. The van der Waals surface area contributed by atoms with Crippen molar-refractivity contribution >= 4 is 44.9 Å². The van der Waals surface area contributed by atoms with E-state index in [0.717, 1.165) is 24.4 Å². The molecule has 0 bridgehead atoms. The number of rotatable bonds is 6. The van der Waals surface area contributed by atoms with E-state index in [1.165, 1.54) is 36.9 Å². The van der Waals surface area contributed by atoms with Crippen LogP contribution in [0.2, 0.25) is 5.02 Å². The smallest absolute Gasteiger partial charge is 0.0406 e. The van der Waals surface area contributed by atoms with Crippen molar-refractivity contribution in [3.8, 4) is 0 Å². The molecule has 0 aliphatic carbocycles. The number of hydrogen-bond acceptors (Lipinski definition) is 2. The first-order chi connectivity index (χ1) is 13.6. The van der Waals surface area contributed by atoms with Gasteiger partial charge in [0.15, 0.2) is 0 Å². The fourth-order valence-corrected chi connectivity index (χ4v) is 4.96. The van der Waals surface area contributed by atoms with Crippen LogP contribution in [0, 0.1) is 0 Å². The number of benzene rings is 4. The SMILES string of the molecule is CN(C)CCCc1c2ccccc2c(Sc2ccc(Cl)cc2)c2ccccc12. The maximum Gasteiger partial charge on any atom is 0.0406 e. The fraction of sp³-hybridized carbons (Fsp3) is 0.200. The molecule has 0 heterocycles. The second-order valence-electron chi connectivity index (χ2n) is 7.36. The van der Waals surface area contributed by atoms with Gasteiger partial charge >= 0.3 is 0 Å². The molecule has 3 heteroatoms. The highest BCUT2D eigenvalue weighted by Crippen LogP contribution is 2.42. The second kappa shape index (κ2) is 8.57. The molecular formula is C25H24ClNS. The van der Waals surface area contributed by atoms with Crippen LogP contribution in [-0.2, 0) is 6.42 Å². The summed E-state index contributed by atoms with van der Waals surface area (Å²) in [6.07, 6.45) is 2.25. The van der Waals surface area contributed by atoms with E-state index < -0.39 is 0 Å². The predicted molar refractivity (Wildman–Crippen MR) is 124 cm³/mol. The molecule has 142 valence electrons. The summed E-state index contributed by atoms with van der Waals surface area (Å²) in [6.45, 7) is 1.10. The minimum Gasteiger partial charge on any atom is -0.309 e. The molecule has 0 unspecified atom stereocenters. The number of aryl methyl sites for hydroxylation is 1. The Bertz CT molecular complexity index is 1050. The maximum atomic E-state index is 6.08. The minimum atomic E-state index is 0.773. The van der Waals surface area contributed by atoms with E-state index in [1.54, 1.807) is 0 Å². The van der Waals surface area contributed by atoms with E-state index in [0.29, 0.717) is 0 Å². The molecule has 0 aliphatic heterocycles. The molecule has 28 heavy (non-hydrogen) atoms. The van der Waals surface area contributed by atoms with Gasteiger partial charge in [-0.3, -0.25) is 0 Å². The van der Waals surface area contributed by atoms with Crippen molar-refractivity contribution in [1.82, 2.24) is 4.90 Å². The molecular weight excluding hydrogens is 382 g/mol. The lowest BCUT2D eigenvalue weighted by Crippen LogP contribution is -2.13. The highest BCUT2D eigenvalue weighted by atomic mass is 35.5. The van der Waals surface area contributed by atoms with Crippen molar-refractivity contribution in [3.63, 3.8) is 0 Å². The molecule has 0 aliphatic rings. The van der Waals surface area contributed by atoms with Crippen LogP contribution < -0.4 is 0 Å². The first-order valence-corrected chi connectivity index (χ1v) is 10.8. The summed E-state index contributed by atoms with van der Waals surface area (Å²) in [5.41, 5.74) is 1.47. The lowest BCUT2D eigenvalue weighted by Gasteiger charge is -2.17. The molecule has 0 saturated carbocycles. The van der Waals surface area contributed by atoms with Crippen LogP contribution in [0.15, 0.2) is 82.6 Å². The number of fused-ring (bicyclic) bond motifs is 2. The van der Waals surface area contributed by atoms with Crippen LogP contribution in [0.1, 0.15) is 12.0 Å². The van der Waals surface area contributed by atoms with Gasteiger partial charge in [0.2, 0.25) is 0 Å². The second-order valence-corrected chi connectivity index (χ2v) is 8.88. The van der Waals surface area contributed by atoms with Crippen molar-refractivity contribution in [1.29, 1.82) is 0 Å². The molecule has 0 aromatic heterocycles. The van der Waals surface area contributed by atoms with Gasteiger partial charge in [0, 0.05) is 14.8 Å². The van der Waals surface area contributed by atoms with Crippen LogP contribution in [0.25, 0.3) is 21.5 Å². The Hall–Kier alpha value is -2.00. The Morgan fingerprint density at radius 1 is 0.750 bits per heavy atom. The first-order valence-electron chi connectivity index (χ1n) is 9.64. The molecule has 0 amide bonds. The van der Waals surface area contributed by atoms with Crippen LogP contribution in [0.3, 0.4) is 0 Å². The van der Waals surface area contributed by atoms with Gasteiger partial charge in [0.05, 0.1) is 0 Å². The van der Waals surface area contributed by atoms with Crippen molar-refractivity contribution in [3.05, 3.63) is 83.4 Å². The minimum absolute atomic E-state index is 0.773. The Morgan fingerprint density at radius 2 is 1.29 bits per heavy atom. The molecule has 0 saturated heterocycles. The van der Waals surface area contributed by atoms with Crippen LogP contribution in [-0.4, -0.2) is 25.5 Å². The summed E-state index contributed by atoms with van der Waals surface area (Å²) < 4.78 is 0. The highest BCUT2D eigenvalue weighted by molar-refractivity contribution is 7.99. The van der Waals surface area contributed by atoms with Crippen molar-refractivity contribution in [2.45, 2.75) is 22.6 Å². The van der Waals surface area contributed by atoms with Crippen LogP contribution in [0.4, 0.5) is 0 Å². The predicted octanol–water partition coefficient (Wildman–Crippen LogP) is 7.29. The van der Waals surface area contributed by atoms with Crippen LogP contribution >= 0.6 is 23.4 Å². The van der Waals surface area contributed by atoms with Gasteiger partial charge in [0.25, 0.3) is 0 Å². The van der Waals surface area contributed by atoms with Gasteiger partial charge in [-0.1, -0.05) is 71.9 Å². The topological polar surface area (TPSA) is 3.24 Å². The highest BCUT2D eigenvalue weighted by Gasteiger charge is 2.14. The fourth-order valence-electron chi connectivity index (χ4n) is 3.75. The van der Waals surface area contributed by atoms with E-state index in [4.69, 9.17) is 11.6 Å². The third kappa shape index (κ3) is 4.05. The molecule has 0 fully saturated rings. The van der Waals surface area contributed by atoms with Crippen molar-refractivity contribution in [2.75, 3.05) is 20.6 Å². The molecule has 0 spiro atoms. The molecule has 1 nitrogen and oxygen atoms in total. The summed E-state index contributed by atoms with van der Waals surface area (Å²) in [4.78, 5) is 4.79. The van der Waals surface area contributed by atoms with Gasteiger partial charge in [-0.2, -0.15) is 0 Å².